The lowest BCUT2D eigenvalue weighted by Crippen LogP contribution is -1.97. The van der Waals surface area contributed by atoms with Crippen molar-refractivity contribution in [2.45, 2.75) is 25.7 Å². The van der Waals surface area contributed by atoms with Crippen molar-refractivity contribution in [3.63, 3.8) is 0 Å². The third-order valence-electron chi connectivity index (χ3n) is 2.76. The maximum absolute atomic E-state index is 10.9. The van der Waals surface area contributed by atoms with Gasteiger partial charge in [-0.25, -0.2) is 0 Å². The fraction of sp³-hybridized carbons (Fsp3) is 0.455. The fourth-order valence-corrected chi connectivity index (χ4v) is 1.80. The van der Waals surface area contributed by atoms with Crippen molar-refractivity contribution in [3.8, 4) is 5.75 Å². The Morgan fingerprint density at radius 1 is 1.47 bits per heavy atom. The normalized spacial score (nSPS) is 15.1. The highest BCUT2D eigenvalue weighted by atomic mass is 16.6. The quantitative estimate of drug-likeness (QED) is 0.565. The first-order chi connectivity index (χ1) is 7.13. The molecule has 0 heterocycles. The van der Waals surface area contributed by atoms with Crippen LogP contribution in [0.25, 0.3) is 0 Å². The molecule has 1 fully saturated rings. The smallest absolute Gasteiger partial charge is 0.276 e. The van der Waals surface area contributed by atoms with Crippen LogP contribution in [0.5, 0.6) is 5.75 Å². The largest absolute Gasteiger partial charge is 0.496 e. The zero-order valence-corrected chi connectivity index (χ0v) is 8.82. The molecule has 0 unspecified atom stereocenters. The van der Waals surface area contributed by atoms with E-state index in [1.807, 2.05) is 13.0 Å². The van der Waals surface area contributed by atoms with Crippen LogP contribution in [-0.4, -0.2) is 12.0 Å². The molecule has 4 nitrogen and oxygen atoms in total. The zero-order chi connectivity index (χ0) is 11.0. The molecule has 0 N–H and O–H groups in total. The van der Waals surface area contributed by atoms with Crippen molar-refractivity contribution in [1.29, 1.82) is 0 Å². The molecule has 4 heteroatoms. The number of benzene rings is 1. The number of aryl methyl sites for hydroxylation is 1. The van der Waals surface area contributed by atoms with Crippen LogP contribution in [0.3, 0.4) is 0 Å². The minimum Gasteiger partial charge on any atom is -0.496 e. The van der Waals surface area contributed by atoms with Gasteiger partial charge >= 0.3 is 0 Å². The summed E-state index contributed by atoms with van der Waals surface area (Å²) in [6.45, 7) is 1.91. The number of nitro benzene ring substituents is 1. The van der Waals surface area contributed by atoms with Gasteiger partial charge in [0.1, 0.15) is 5.75 Å². The van der Waals surface area contributed by atoms with Gasteiger partial charge in [-0.1, -0.05) is 0 Å². The summed E-state index contributed by atoms with van der Waals surface area (Å²) in [6, 6.07) is 3.41. The molecule has 0 atom stereocenters. The molecule has 80 valence electrons. The zero-order valence-electron chi connectivity index (χ0n) is 8.82. The predicted molar refractivity (Wildman–Crippen MR) is 56.4 cm³/mol. The number of methoxy groups -OCH3 is 1. The molecule has 0 aliphatic heterocycles. The van der Waals surface area contributed by atoms with Gasteiger partial charge in [0, 0.05) is 5.56 Å². The minimum atomic E-state index is -0.324. The summed E-state index contributed by atoms with van der Waals surface area (Å²) in [5.74, 6) is 0.973. The van der Waals surface area contributed by atoms with Crippen LogP contribution < -0.4 is 4.74 Å². The monoisotopic (exact) mass is 207 g/mol. The molecule has 0 bridgehead atoms. The Kier molecular flexibility index (Phi) is 2.34. The van der Waals surface area contributed by atoms with Crippen LogP contribution >= 0.6 is 0 Å². The molecular formula is C11H13NO3. The molecule has 1 aromatic rings. The molecule has 1 aliphatic rings. The van der Waals surface area contributed by atoms with Crippen LogP contribution in [0.2, 0.25) is 0 Å². The third-order valence-corrected chi connectivity index (χ3v) is 2.76. The van der Waals surface area contributed by atoms with Gasteiger partial charge in [-0.15, -0.1) is 0 Å². The van der Waals surface area contributed by atoms with Crippen molar-refractivity contribution in [1.82, 2.24) is 0 Å². The number of nitrogens with zero attached hydrogens (tertiary/aromatic N) is 1. The summed E-state index contributed by atoms with van der Waals surface area (Å²) >= 11 is 0. The standard InChI is InChI=1S/C11H13NO3/c1-7-5-9(8-3-4-8)10(12(13)14)6-11(7)15-2/h5-6,8H,3-4H2,1-2H3. The number of ether oxygens (including phenoxy) is 1. The van der Waals surface area contributed by atoms with E-state index in [0.29, 0.717) is 11.7 Å². The van der Waals surface area contributed by atoms with E-state index < -0.39 is 0 Å². The fourth-order valence-electron chi connectivity index (χ4n) is 1.80. The van der Waals surface area contributed by atoms with Crippen molar-refractivity contribution in [3.05, 3.63) is 33.4 Å². The van der Waals surface area contributed by atoms with Gasteiger partial charge in [0.2, 0.25) is 0 Å². The van der Waals surface area contributed by atoms with Crippen LogP contribution in [-0.2, 0) is 0 Å². The molecule has 0 saturated heterocycles. The molecule has 15 heavy (non-hydrogen) atoms. The average molecular weight is 207 g/mol. The number of hydrogen-bond acceptors (Lipinski definition) is 3. The number of rotatable bonds is 3. The topological polar surface area (TPSA) is 52.4 Å². The van der Waals surface area contributed by atoms with Gasteiger partial charge in [0.05, 0.1) is 18.1 Å². The Hall–Kier alpha value is -1.58. The lowest BCUT2D eigenvalue weighted by Gasteiger charge is -2.07. The van der Waals surface area contributed by atoms with Crippen LogP contribution in [0.1, 0.15) is 29.9 Å². The molecule has 1 aromatic carbocycles. The summed E-state index contributed by atoms with van der Waals surface area (Å²) < 4.78 is 5.09. The molecule has 0 spiro atoms. The van der Waals surface area contributed by atoms with Gasteiger partial charge in [-0.05, 0) is 37.3 Å². The van der Waals surface area contributed by atoms with E-state index in [-0.39, 0.29) is 10.6 Å². The lowest BCUT2D eigenvalue weighted by atomic mass is 10.0. The van der Waals surface area contributed by atoms with Gasteiger partial charge in [0.25, 0.3) is 5.69 Å². The Balaban J connectivity index is 2.52. The van der Waals surface area contributed by atoms with E-state index in [0.717, 1.165) is 24.0 Å². The Morgan fingerprint density at radius 3 is 2.60 bits per heavy atom. The second kappa shape index (κ2) is 3.53. The molecule has 0 amide bonds. The van der Waals surface area contributed by atoms with E-state index in [1.54, 1.807) is 0 Å². The maximum atomic E-state index is 10.9. The van der Waals surface area contributed by atoms with Crippen molar-refractivity contribution in [2.24, 2.45) is 0 Å². The summed E-state index contributed by atoms with van der Waals surface area (Å²) in [7, 11) is 1.53. The molecule has 1 saturated carbocycles. The Morgan fingerprint density at radius 2 is 2.13 bits per heavy atom. The summed E-state index contributed by atoms with van der Waals surface area (Å²) in [4.78, 5) is 10.6. The summed E-state index contributed by atoms with van der Waals surface area (Å²) in [5, 5.41) is 10.9. The van der Waals surface area contributed by atoms with Gasteiger partial charge in [0.15, 0.2) is 0 Å². The lowest BCUT2D eigenvalue weighted by molar-refractivity contribution is -0.385. The van der Waals surface area contributed by atoms with Crippen LogP contribution in [0.4, 0.5) is 5.69 Å². The van der Waals surface area contributed by atoms with Crippen LogP contribution in [0.15, 0.2) is 12.1 Å². The van der Waals surface area contributed by atoms with E-state index in [2.05, 4.69) is 0 Å². The highest BCUT2D eigenvalue weighted by molar-refractivity contribution is 5.52. The second-order valence-electron chi connectivity index (χ2n) is 3.91. The molecule has 0 aromatic heterocycles. The summed E-state index contributed by atoms with van der Waals surface area (Å²) in [5.41, 5.74) is 2.02. The Bertz CT molecular complexity index is 411. The van der Waals surface area contributed by atoms with Crippen molar-refractivity contribution < 1.29 is 9.66 Å². The average Bonchev–Trinajstić information content (AvgIpc) is 3.00. The number of hydrogen-bond donors (Lipinski definition) is 0. The van der Waals surface area contributed by atoms with Crippen molar-refractivity contribution in [2.75, 3.05) is 7.11 Å². The van der Waals surface area contributed by atoms with Gasteiger partial charge in [-0.2, -0.15) is 0 Å². The molecule has 0 radical (unpaired) electrons. The second-order valence-corrected chi connectivity index (χ2v) is 3.91. The number of nitro groups is 1. The Labute approximate surface area is 88.0 Å². The first kappa shape index (κ1) is 9.96. The van der Waals surface area contributed by atoms with E-state index in [1.165, 1.54) is 13.2 Å². The minimum absolute atomic E-state index is 0.194. The molecular weight excluding hydrogens is 194 g/mol. The first-order valence-electron chi connectivity index (χ1n) is 4.96. The molecule has 2 rings (SSSR count). The van der Waals surface area contributed by atoms with Gasteiger partial charge in [-0.3, -0.25) is 10.1 Å². The summed E-state index contributed by atoms with van der Waals surface area (Å²) in [6.07, 6.45) is 2.12. The van der Waals surface area contributed by atoms with E-state index in [4.69, 9.17) is 4.74 Å². The first-order valence-corrected chi connectivity index (χ1v) is 4.96. The highest BCUT2D eigenvalue weighted by Crippen LogP contribution is 2.45. The predicted octanol–water partition coefficient (Wildman–Crippen LogP) is 2.79. The highest BCUT2D eigenvalue weighted by Gasteiger charge is 2.31. The van der Waals surface area contributed by atoms with Crippen LogP contribution in [0, 0.1) is 17.0 Å². The third kappa shape index (κ3) is 1.79. The van der Waals surface area contributed by atoms with Crippen molar-refractivity contribution >= 4 is 5.69 Å². The molecule has 1 aliphatic carbocycles. The van der Waals surface area contributed by atoms with E-state index in [9.17, 15) is 10.1 Å². The van der Waals surface area contributed by atoms with Gasteiger partial charge < -0.3 is 4.74 Å². The SMILES string of the molecule is COc1cc([N+](=O)[O-])c(C2CC2)cc1C. The maximum Gasteiger partial charge on any atom is 0.276 e. The van der Waals surface area contributed by atoms with E-state index >= 15 is 0 Å².